The van der Waals surface area contributed by atoms with Crippen molar-refractivity contribution in [1.29, 1.82) is 0 Å². The smallest absolute Gasteiger partial charge is 0.237 e. The van der Waals surface area contributed by atoms with Crippen molar-refractivity contribution in [1.82, 2.24) is 9.97 Å². The van der Waals surface area contributed by atoms with E-state index in [0.717, 1.165) is 36.0 Å². The summed E-state index contributed by atoms with van der Waals surface area (Å²) in [6, 6.07) is 12.3. The Morgan fingerprint density at radius 1 is 1.10 bits per heavy atom. The normalized spacial score (nSPS) is 15.7. The minimum Gasteiger partial charge on any atom is -0.341 e. The van der Waals surface area contributed by atoms with Crippen molar-refractivity contribution in [2.75, 3.05) is 11.4 Å². The van der Waals surface area contributed by atoms with Crippen LogP contribution in [0.1, 0.15) is 51.4 Å². The van der Waals surface area contributed by atoms with E-state index in [0.29, 0.717) is 17.9 Å². The van der Waals surface area contributed by atoms with Gasteiger partial charge in [-0.2, -0.15) is 0 Å². The third-order valence-corrected chi connectivity index (χ3v) is 7.45. The van der Waals surface area contributed by atoms with Crippen LogP contribution in [0, 0.1) is 0 Å². The minimum atomic E-state index is -3.49. The van der Waals surface area contributed by atoms with Crippen LogP contribution in [0.5, 0.6) is 0 Å². The molecule has 6 nitrogen and oxygen atoms in total. The quantitative estimate of drug-likeness (QED) is 0.571. The van der Waals surface area contributed by atoms with Gasteiger partial charge in [0.15, 0.2) is 9.84 Å². The number of nitrogens with one attached hydrogen (secondary N) is 1. The van der Waals surface area contributed by atoms with Gasteiger partial charge in [0.05, 0.1) is 27.0 Å². The first kappa shape index (κ1) is 20.6. The van der Waals surface area contributed by atoms with Gasteiger partial charge >= 0.3 is 0 Å². The molecule has 158 valence electrons. The molecule has 2 aromatic carbocycles. The van der Waals surface area contributed by atoms with Crippen LogP contribution in [-0.2, 0) is 25.8 Å². The first-order valence-electron chi connectivity index (χ1n) is 10.4. The van der Waals surface area contributed by atoms with Gasteiger partial charge in [0.25, 0.3) is 0 Å². The van der Waals surface area contributed by atoms with E-state index in [9.17, 15) is 13.2 Å². The number of aromatic nitrogens is 2. The molecule has 0 fully saturated rings. The van der Waals surface area contributed by atoms with Gasteiger partial charge in [-0.25, -0.2) is 13.4 Å². The average Bonchev–Trinajstić information content (AvgIpc) is 3.18. The lowest BCUT2D eigenvalue weighted by molar-refractivity contribution is -0.122. The first-order chi connectivity index (χ1) is 14.2. The molecule has 0 radical (unpaired) electrons. The maximum Gasteiger partial charge on any atom is 0.237 e. The molecule has 2 heterocycles. The highest BCUT2D eigenvalue weighted by Gasteiger charge is 2.44. The second-order valence-electron chi connectivity index (χ2n) is 8.43. The number of fused-ring (bicyclic) bond motifs is 2. The van der Waals surface area contributed by atoms with Crippen molar-refractivity contribution in [2.24, 2.45) is 0 Å². The molecule has 0 saturated heterocycles. The summed E-state index contributed by atoms with van der Waals surface area (Å²) in [5.41, 5.74) is 2.66. The van der Waals surface area contributed by atoms with Gasteiger partial charge in [-0.3, -0.25) is 4.79 Å². The summed E-state index contributed by atoms with van der Waals surface area (Å²) in [6.45, 7) is 6.71. The Morgan fingerprint density at radius 2 is 1.83 bits per heavy atom. The second kappa shape index (κ2) is 7.54. The van der Waals surface area contributed by atoms with E-state index < -0.39 is 15.3 Å². The molecule has 0 aliphatic carbocycles. The van der Waals surface area contributed by atoms with Gasteiger partial charge in [-0.1, -0.05) is 38.0 Å². The number of benzene rings is 2. The fourth-order valence-electron chi connectivity index (χ4n) is 4.09. The van der Waals surface area contributed by atoms with Gasteiger partial charge in [0, 0.05) is 6.54 Å². The number of amides is 1. The van der Waals surface area contributed by atoms with Crippen molar-refractivity contribution in [3.63, 3.8) is 0 Å². The van der Waals surface area contributed by atoms with Gasteiger partial charge in [0.2, 0.25) is 5.91 Å². The summed E-state index contributed by atoms with van der Waals surface area (Å²) < 4.78 is 25.4. The second-order valence-corrected chi connectivity index (χ2v) is 10.4. The lowest BCUT2D eigenvalue weighted by Gasteiger charge is -2.20. The number of nitrogens with zero attached hydrogens (tertiary/aromatic N) is 2. The Balaban J connectivity index is 1.69. The molecule has 1 aliphatic heterocycles. The number of unbranched alkanes of at least 4 members (excludes halogenated alkanes) is 2. The van der Waals surface area contributed by atoms with Crippen LogP contribution in [-0.4, -0.2) is 30.8 Å². The number of carbonyl (C=O) groups is 1. The largest absolute Gasteiger partial charge is 0.341 e. The Bertz CT molecular complexity index is 1200. The SMILES string of the molecule is CCCCCN1C(=O)C(C)(C)c2cc3[nH]c(CS(=O)(=O)c4ccccc4)nc3cc21. The summed E-state index contributed by atoms with van der Waals surface area (Å²) in [7, 11) is -3.49. The number of sulfone groups is 1. The molecule has 1 aliphatic rings. The van der Waals surface area contributed by atoms with Gasteiger partial charge in [-0.15, -0.1) is 0 Å². The van der Waals surface area contributed by atoms with E-state index in [2.05, 4.69) is 16.9 Å². The van der Waals surface area contributed by atoms with E-state index in [1.165, 1.54) is 0 Å². The van der Waals surface area contributed by atoms with Crippen molar-refractivity contribution in [3.8, 4) is 0 Å². The van der Waals surface area contributed by atoms with Crippen molar-refractivity contribution < 1.29 is 13.2 Å². The molecular formula is C23H27N3O3S. The number of carbonyl (C=O) groups excluding carboxylic acids is 1. The molecular weight excluding hydrogens is 398 g/mol. The van der Waals surface area contributed by atoms with Crippen molar-refractivity contribution in [3.05, 3.63) is 53.9 Å². The van der Waals surface area contributed by atoms with Crippen LogP contribution >= 0.6 is 0 Å². The van der Waals surface area contributed by atoms with E-state index >= 15 is 0 Å². The Morgan fingerprint density at radius 3 is 2.53 bits per heavy atom. The topological polar surface area (TPSA) is 83.1 Å². The number of hydrogen-bond acceptors (Lipinski definition) is 4. The molecule has 3 aromatic rings. The zero-order valence-corrected chi connectivity index (χ0v) is 18.4. The number of aromatic amines is 1. The summed E-state index contributed by atoms with van der Waals surface area (Å²) in [6.07, 6.45) is 3.12. The molecule has 1 amide bonds. The molecule has 0 spiro atoms. The highest BCUT2D eigenvalue weighted by molar-refractivity contribution is 7.90. The summed E-state index contributed by atoms with van der Waals surface area (Å²) in [4.78, 5) is 22.8. The van der Waals surface area contributed by atoms with Crippen LogP contribution < -0.4 is 4.90 Å². The highest BCUT2D eigenvalue weighted by Crippen LogP contribution is 2.43. The highest BCUT2D eigenvalue weighted by atomic mass is 32.2. The maximum absolute atomic E-state index is 13.0. The third kappa shape index (κ3) is 3.51. The van der Waals surface area contributed by atoms with E-state index in [1.807, 2.05) is 30.9 Å². The van der Waals surface area contributed by atoms with Crippen LogP contribution in [0.25, 0.3) is 11.0 Å². The zero-order chi connectivity index (χ0) is 21.5. The lowest BCUT2D eigenvalue weighted by atomic mass is 9.86. The van der Waals surface area contributed by atoms with Crippen LogP contribution in [0.15, 0.2) is 47.4 Å². The van der Waals surface area contributed by atoms with Gasteiger partial charge < -0.3 is 9.88 Å². The predicted molar refractivity (Wildman–Crippen MR) is 118 cm³/mol. The summed E-state index contributed by atoms with van der Waals surface area (Å²) in [5.74, 6) is 0.311. The van der Waals surface area contributed by atoms with Crippen LogP contribution in [0.4, 0.5) is 5.69 Å². The lowest BCUT2D eigenvalue weighted by Crippen LogP contribution is -2.36. The fraction of sp³-hybridized carbons (Fsp3) is 0.391. The Labute approximate surface area is 177 Å². The summed E-state index contributed by atoms with van der Waals surface area (Å²) >= 11 is 0. The number of imidazole rings is 1. The number of rotatable bonds is 7. The van der Waals surface area contributed by atoms with Gasteiger partial charge in [0.1, 0.15) is 11.6 Å². The predicted octanol–water partition coefficient (Wildman–Crippen LogP) is 4.35. The molecule has 0 unspecified atom stereocenters. The first-order valence-corrected chi connectivity index (χ1v) is 12.0. The average molecular weight is 426 g/mol. The number of H-pyrrole nitrogens is 1. The third-order valence-electron chi connectivity index (χ3n) is 5.81. The van der Waals surface area contributed by atoms with Crippen molar-refractivity contribution >= 4 is 32.5 Å². The van der Waals surface area contributed by atoms with Crippen molar-refractivity contribution in [2.45, 2.75) is 56.1 Å². The van der Waals surface area contributed by atoms with Crippen LogP contribution in [0.2, 0.25) is 0 Å². The van der Waals surface area contributed by atoms with E-state index in [-0.39, 0.29) is 16.6 Å². The molecule has 0 atom stereocenters. The zero-order valence-electron chi connectivity index (χ0n) is 17.6. The Hall–Kier alpha value is -2.67. The molecule has 4 rings (SSSR count). The molecule has 30 heavy (non-hydrogen) atoms. The fourth-order valence-corrected chi connectivity index (χ4v) is 5.32. The molecule has 7 heteroatoms. The monoisotopic (exact) mass is 425 g/mol. The van der Waals surface area contributed by atoms with Gasteiger partial charge in [-0.05, 0) is 50.1 Å². The number of anilines is 1. The number of hydrogen-bond donors (Lipinski definition) is 1. The molecule has 0 bridgehead atoms. The van der Waals surface area contributed by atoms with E-state index in [4.69, 9.17) is 0 Å². The van der Waals surface area contributed by atoms with E-state index in [1.54, 1.807) is 30.3 Å². The Kier molecular flexibility index (Phi) is 5.18. The molecule has 1 aromatic heterocycles. The molecule has 1 N–H and O–H groups in total. The summed E-state index contributed by atoms with van der Waals surface area (Å²) in [5, 5.41) is 0. The minimum absolute atomic E-state index is 0.105. The molecule has 0 saturated carbocycles. The standard InChI is InChI=1S/C23H27N3O3S/c1-4-5-9-12-26-20-14-19-18(13-17(20)23(2,3)22(26)27)24-21(25-19)15-30(28,29)16-10-7-6-8-11-16/h6-8,10-11,13-14H,4-5,9,12,15H2,1-3H3,(H,24,25). The van der Waals surface area contributed by atoms with Crippen LogP contribution in [0.3, 0.4) is 0 Å². The maximum atomic E-state index is 13.0.